The van der Waals surface area contributed by atoms with Crippen molar-refractivity contribution in [3.8, 4) is 0 Å². The van der Waals surface area contributed by atoms with Gasteiger partial charge in [0.1, 0.15) is 0 Å². The molecule has 0 aliphatic heterocycles. The summed E-state index contributed by atoms with van der Waals surface area (Å²) in [5.74, 6) is 0.884. The van der Waals surface area contributed by atoms with Crippen LogP contribution in [-0.4, -0.2) is 17.8 Å². The van der Waals surface area contributed by atoms with Crippen molar-refractivity contribution in [2.45, 2.75) is 50.5 Å². The number of aliphatic hydroxyl groups excluding tert-OH is 1. The van der Waals surface area contributed by atoms with Gasteiger partial charge in [0.25, 0.3) is 0 Å². The van der Waals surface area contributed by atoms with E-state index in [0.29, 0.717) is 6.54 Å². The number of hydrogen-bond acceptors (Lipinski definition) is 2. The van der Waals surface area contributed by atoms with Crippen LogP contribution in [0.4, 0.5) is 0 Å². The first kappa shape index (κ1) is 15.0. The van der Waals surface area contributed by atoms with E-state index in [9.17, 15) is 5.11 Å². The minimum absolute atomic E-state index is 0.0545. The zero-order valence-electron chi connectivity index (χ0n) is 11.4. The predicted octanol–water partition coefficient (Wildman–Crippen LogP) is 3.82. The predicted molar refractivity (Wildman–Crippen MR) is 83.1 cm³/mol. The third kappa shape index (κ3) is 4.30. The van der Waals surface area contributed by atoms with Crippen molar-refractivity contribution in [3.63, 3.8) is 0 Å². The molecule has 2 atom stereocenters. The van der Waals surface area contributed by atoms with Crippen molar-refractivity contribution in [2.24, 2.45) is 11.7 Å². The molecule has 0 spiro atoms. The molecule has 3 N–H and O–H groups in total. The third-order valence-corrected chi connectivity index (χ3v) is 4.83. The average Bonchev–Trinajstić information content (AvgIpc) is 2.90. The number of rotatable bonds is 6. The van der Waals surface area contributed by atoms with Gasteiger partial charge in [0.05, 0.1) is 6.10 Å². The SMILES string of the molecule is NCC(c1cccc(Br)c1)C(O)CCC1CCCC1. The molecule has 2 nitrogen and oxygen atoms in total. The van der Waals surface area contributed by atoms with E-state index in [0.717, 1.165) is 28.8 Å². The molecule has 0 amide bonds. The molecule has 1 aromatic carbocycles. The molecule has 3 heteroatoms. The van der Waals surface area contributed by atoms with Gasteiger partial charge in [-0.05, 0) is 36.5 Å². The largest absolute Gasteiger partial charge is 0.392 e. The third-order valence-electron chi connectivity index (χ3n) is 4.34. The highest BCUT2D eigenvalue weighted by Crippen LogP contribution is 2.31. The smallest absolute Gasteiger partial charge is 0.0621 e. The molecule has 0 saturated heterocycles. The highest BCUT2D eigenvalue weighted by molar-refractivity contribution is 9.10. The van der Waals surface area contributed by atoms with Crippen molar-refractivity contribution >= 4 is 15.9 Å². The van der Waals surface area contributed by atoms with E-state index in [4.69, 9.17) is 5.73 Å². The Morgan fingerprint density at radius 2 is 2.05 bits per heavy atom. The van der Waals surface area contributed by atoms with Crippen molar-refractivity contribution in [1.29, 1.82) is 0 Å². The molecule has 1 fully saturated rings. The van der Waals surface area contributed by atoms with Gasteiger partial charge in [-0.15, -0.1) is 0 Å². The first-order chi connectivity index (χ1) is 9.20. The van der Waals surface area contributed by atoms with Gasteiger partial charge in [-0.3, -0.25) is 0 Å². The second-order valence-corrected chi connectivity index (χ2v) is 6.61. The maximum atomic E-state index is 10.4. The summed E-state index contributed by atoms with van der Waals surface area (Å²) >= 11 is 3.48. The minimum atomic E-state index is -0.320. The van der Waals surface area contributed by atoms with E-state index < -0.39 is 0 Å². The summed E-state index contributed by atoms with van der Waals surface area (Å²) in [5.41, 5.74) is 7.00. The molecule has 106 valence electrons. The van der Waals surface area contributed by atoms with Gasteiger partial charge in [-0.2, -0.15) is 0 Å². The lowest BCUT2D eigenvalue weighted by atomic mass is 9.88. The Morgan fingerprint density at radius 1 is 1.32 bits per heavy atom. The molecule has 0 aromatic heterocycles. The summed E-state index contributed by atoms with van der Waals surface area (Å²) in [6.07, 6.45) is 7.12. The number of aliphatic hydroxyl groups is 1. The Labute approximate surface area is 124 Å². The molecule has 0 bridgehead atoms. The first-order valence-corrected chi connectivity index (χ1v) is 8.13. The molecule has 0 radical (unpaired) electrons. The van der Waals surface area contributed by atoms with Gasteiger partial charge in [-0.1, -0.05) is 53.7 Å². The Kier molecular flexibility index (Phi) is 5.86. The molecule has 0 heterocycles. The van der Waals surface area contributed by atoms with Crippen LogP contribution in [-0.2, 0) is 0 Å². The van der Waals surface area contributed by atoms with Gasteiger partial charge in [0.15, 0.2) is 0 Å². The molecule has 1 aliphatic rings. The second kappa shape index (κ2) is 7.41. The summed E-state index contributed by atoms with van der Waals surface area (Å²) in [6, 6.07) is 8.13. The van der Waals surface area contributed by atoms with Gasteiger partial charge in [-0.25, -0.2) is 0 Å². The standard InChI is InChI=1S/C16H24BrNO/c17-14-7-3-6-13(10-14)15(11-18)16(19)9-8-12-4-1-2-5-12/h3,6-7,10,12,15-16,19H,1-2,4-5,8-9,11,18H2. The Balaban J connectivity index is 1.92. The van der Waals surface area contributed by atoms with Crippen LogP contribution in [0.2, 0.25) is 0 Å². The van der Waals surface area contributed by atoms with Crippen LogP contribution in [0.3, 0.4) is 0 Å². The van der Waals surface area contributed by atoms with Crippen LogP contribution in [0.5, 0.6) is 0 Å². The average molecular weight is 326 g/mol. The molecule has 1 aliphatic carbocycles. The molecule has 1 aromatic rings. The summed E-state index contributed by atoms with van der Waals surface area (Å²) in [7, 11) is 0. The molecule has 1 saturated carbocycles. The van der Waals surface area contributed by atoms with E-state index >= 15 is 0 Å². The second-order valence-electron chi connectivity index (χ2n) is 5.69. The highest BCUT2D eigenvalue weighted by atomic mass is 79.9. The number of nitrogens with two attached hydrogens (primary N) is 1. The maximum absolute atomic E-state index is 10.4. The zero-order chi connectivity index (χ0) is 13.7. The fourth-order valence-electron chi connectivity index (χ4n) is 3.16. The van der Waals surface area contributed by atoms with Crippen molar-refractivity contribution < 1.29 is 5.11 Å². The fourth-order valence-corrected chi connectivity index (χ4v) is 3.58. The monoisotopic (exact) mass is 325 g/mol. The van der Waals surface area contributed by atoms with Crippen LogP contribution in [0, 0.1) is 5.92 Å². The minimum Gasteiger partial charge on any atom is -0.392 e. The lowest BCUT2D eigenvalue weighted by Gasteiger charge is -2.23. The summed E-state index contributed by atoms with van der Waals surface area (Å²) in [4.78, 5) is 0. The zero-order valence-corrected chi connectivity index (χ0v) is 13.0. The lowest BCUT2D eigenvalue weighted by molar-refractivity contribution is 0.127. The van der Waals surface area contributed by atoms with E-state index in [2.05, 4.69) is 28.1 Å². The van der Waals surface area contributed by atoms with Crippen molar-refractivity contribution in [3.05, 3.63) is 34.3 Å². The van der Waals surface area contributed by atoms with Crippen LogP contribution in [0.15, 0.2) is 28.7 Å². The van der Waals surface area contributed by atoms with E-state index in [1.807, 2.05) is 12.1 Å². The summed E-state index contributed by atoms with van der Waals surface area (Å²) in [5, 5.41) is 10.4. The number of halogens is 1. The molecular formula is C16H24BrNO. The topological polar surface area (TPSA) is 46.2 Å². The van der Waals surface area contributed by atoms with Crippen LogP contribution in [0.25, 0.3) is 0 Å². The molecule has 19 heavy (non-hydrogen) atoms. The molecule has 2 unspecified atom stereocenters. The molecular weight excluding hydrogens is 302 g/mol. The summed E-state index contributed by atoms with van der Waals surface area (Å²) < 4.78 is 1.05. The highest BCUT2D eigenvalue weighted by Gasteiger charge is 2.22. The Hall–Kier alpha value is -0.380. The van der Waals surface area contributed by atoms with Crippen molar-refractivity contribution in [2.75, 3.05) is 6.54 Å². The fraction of sp³-hybridized carbons (Fsp3) is 0.625. The van der Waals surface area contributed by atoms with Gasteiger partial charge in [0.2, 0.25) is 0 Å². The Morgan fingerprint density at radius 3 is 2.68 bits per heavy atom. The quantitative estimate of drug-likeness (QED) is 0.835. The normalized spacial score (nSPS) is 19.5. The van der Waals surface area contributed by atoms with Gasteiger partial charge < -0.3 is 10.8 Å². The lowest BCUT2D eigenvalue weighted by Crippen LogP contribution is -2.26. The maximum Gasteiger partial charge on any atom is 0.0621 e. The number of hydrogen-bond donors (Lipinski definition) is 2. The Bertz CT molecular complexity index is 390. The van der Waals surface area contributed by atoms with Gasteiger partial charge >= 0.3 is 0 Å². The van der Waals surface area contributed by atoms with Crippen LogP contribution >= 0.6 is 15.9 Å². The van der Waals surface area contributed by atoms with Crippen LogP contribution < -0.4 is 5.73 Å². The van der Waals surface area contributed by atoms with Gasteiger partial charge in [0, 0.05) is 16.9 Å². The van der Waals surface area contributed by atoms with Crippen molar-refractivity contribution in [1.82, 2.24) is 0 Å². The summed E-state index contributed by atoms with van der Waals surface area (Å²) in [6.45, 7) is 0.502. The first-order valence-electron chi connectivity index (χ1n) is 7.34. The van der Waals surface area contributed by atoms with E-state index in [1.165, 1.54) is 25.7 Å². The van der Waals surface area contributed by atoms with E-state index in [1.54, 1.807) is 0 Å². The number of benzene rings is 1. The van der Waals surface area contributed by atoms with Crippen LogP contribution in [0.1, 0.15) is 50.0 Å². The van der Waals surface area contributed by atoms with E-state index in [-0.39, 0.29) is 12.0 Å². The molecule has 2 rings (SSSR count).